The van der Waals surface area contributed by atoms with Gasteiger partial charge in [-0.2, -0.15) is 5.10 Å². The van der Waals surface area contributed by atoms with E-state index in [0.717, 1.165) is 13.0 Å². The summed E-state index contributed by atoms with van der Waals surface area (Å²) in [6.07, 6.45) is 8.27. The van der Waals surface area contributed by atoms with E-state index in [4.69, 9.17) is 4.74 Å². The highest BCUT2D eigenvalue weighted by Crippen LogP contribution is 2.52. The van der Waals surface area contributed by atoms with E-state index >= 15 is 0 Å². The summed E-state index contributed by atoms with van der Waals surface area (Å²) in [6.45, 7) is 6.79. The van der Waals surface area contributed by atoms with Gasteiger partial charge in [-0.3, -0.25) is 14.3 Å². The second-order valence-corrected chi connectivity index (χ2v) is 8.37. The Morgan fingerprint density at radius 2 is 2.26 bits per heavy atom. The molecule has 0 saturated carbocycles. The molecule has 7 heteroatoms. The quantitative estimate of drug-likeness (QED) is 0.674. The first kappa shape index (κ1) is 18.2. The first-order valence-corrected chi connectivity index (χ1v) is 9.80. The van der Waals surface area contributed by atoms with Crippen LogP contribution in [0, 0.1) is 17.8 Å². The van der Waals surface area contributed by atoms with Crippen LogP contribution in [0.3, 0.4) is 0 Å². The van der Waals surface area contributed by atoms with Crippen LogP contribution >= 0.6 is 0 Å². The molecule has 4 atom stereocenters. The van der Waals surface area contributed by atoms with Crippen molar-refractivity contribution in [3.63, 3.8) is 0 Å². The summed E-state index contributed by atoms with van der Waals surface area (Å²) in [7, 11) is 1.80. The van der Waals surface area contributed by atoms with Gasteiger partial charge >= 0.3 is 0 Å². The number of rotatable bonds is 7. The van der Waals surface area contributed by atoms with E-state index < -0.39 is 11.5 Å². The van der Waals surface area contributed by atoms with E-state index in [0.29, 0.717) is 25.6 Å². The second kappa shape index (κ2) is 6.78. The molecule has 0 N–H and O–H groups in total. The number of aromatic nitrogens is 2. The van der Waals surface area contributed by atoms with Crippen molar-refractivity contribution in [1.29, 1.82) is 0 Å². The number of nitrogens with zero attached hydrogens (tertiary/aromatic N) is 4. The maximum absolute atomic E-state index is 13.2. The van der Waals surface area contributed by atoms with Crippen LogP contribution in [-0.4, -0.2) is 69.8 Å². The van der Waals surface area contributed by atoms with Gasteiger partial charge in [-0.1, -0.05) is 26.0 Å². The van der Waals surface area contributed by atoms with Crippen molar-refractivity contribution in [2.45, 2.75) is 38.5 Å². The molecule has 27 heavy (non-hydrogen) atoms. The number of carbonyl (C=O) groups excluding carboxylic acids is 2. The predicted molar refractivity (Wildman–Crippen MR) is 99.6 cm³/mol. The second-order valence-electron chi connectivity index (χ2n) is 8.37. The number of likely N-dealkylation sites (N-methyl/N-ethyl adjacent to an activating group) is 1. The van der Waals surface area contributed by atoms with Crippen LogP contribution < -0.4 is 0 Å². The molecule has 2 amide bonds. The van der Waals surface area contributed by atoms with Gasteiger partial charge in [-0.25, -0.2) is 0 Å². The standard InChI is InChI=1S/C20H28N4O3/c1-14(2)6-10-23-13-20-7-5-15(27-20)16(17(20)19(23)26)18(25)22(3)11-12-24-9-4-8-21-24/h4-5,7-9,14-17H,6,10-13H2,1-3H3/t15-,16+,17-,20-/m0/s1. The van der Waals surface area contributed by atoms with Crippen LogP contribution in [0.4, 0.5) is 0 Å². The lowest BCUT2D eigenvalue weighted by atomic mass is 9.76. The molecule has 0 unspecified atom stereocenters. The van der Waals surface area contributed by atoms with E-state index in [1.54, 1.807) is 22.8 Å². The molecule has 0 aromatic carbocycles. The highest BCUT2D eigenvalue weighted by molar-refractivity contribution is 5.93. The minimum absolute atomic E-state index is 0.0116. The lowest BCUT2D eigenvalue weighted by Crippen LogP contribution is -2.45. The Morgan fingerprint density at radius 1 is 1.44 bits per heavy atom. The molecule has 2 fully saturated rings. The van der Waals surface area contributed by atoms with Crippen molar-refractivity contribution in [3.05, 3.63) is 30.6 Å². The molecule has 2 bridgehead atoms. The number of amides is 2. The molecule has 7 nitrogen and oxygen atoms in total. The summed E-state index contributed by atoms with van der Waals surface area (Å²) in [5, 5.41) is 4.17. The van der Waals surface area contributed by atoms with Crippen molar-refractivity contribution in [3.8, 4) is 0 Å². The molecule has 1 aromatic heterocycles. The fourth-order valence-electron chi connectivity index (χ4n) is 4.51. The number of fused-ring (bicyclic) bond motifs is 1. The SMILES string of the molecule is CC(C)CCN1C[C@]23C=C[C@H](O2)[C@@H](C(=O)N(C)CCn2cccn2)[C@H]3C1=O. The van der Waals surface area contributed by atoms with Gasteiger partial charge in [-0.15, -0.1) is 0 Å². The maximum atomic E-state index is 13.2. The molecule has 3 aliphatic heterocycles. The Kier molecular flexibility index (Phi) is 4.58. The maximum Gasteiger partial charge on any atom is 0.230 e. The van der Waals surface area contributed by atoms with E-state index in [1.165, 1.54) is 0 Å². The summed E-state index contributed by atoms with van der Waals surface area (Å²) < 4.78 is 7.99. The normalized spacial score (nSPS) is 31.2. The number of likely N-dealkylation sites (tertiary alicyclic amines) is 1. The first-order valence-electron chi connectivity index (χ1n) is 9.80. The van der Waals surface area contributed by atoms with Crippen molar-refractivity contribution < 1.29 is 14.3 Å². The van der Waals surface area contributed by atoms with Gasteiger partial charge < -0.3 is 14.5 Å². The average Bonchev–Trinajstić information content (AvgIpc) is 3.39. The Morgan fingerprint density at radius 3 is 2.96 bits per heavy atom. The van der Waals surface area contributed by atoms with E-state index in [1.807, 2.05) is 29.3 Å². The minimum Gasteiger partial charge on any atom is -0.360 e. The summed E-state index contributed by atoms with van der Waals surface area (Å²) in [5.41, 5.74) is -0.609. The minimum atomic E-state index is -0.609. The van der Waals surface area contributed by atoms with E-state index in [9.17, 15) is 9.59 Å². The van der Waals surface area contributed by atoms with Gasteiger partial charge in [0.25, 0.3) is 0 Å². The molecule has 0 aliphatic carbocycles. The molecule has 1 aromatic rings. The zero-order valence-corrected chi connectivity index (χ0v) is 16.2. The van der Waals surface area contributed by atoms with Crippen LogP contribution in [0.2, 0.25) is 0 Å². The van der Waals surface area contributed by atoms with E-state index in [-0.39, 0.29) is 23.8 Å². The monoisotopic (exact) mass is 372 g/mol. The predicted octanol–water partition coefficient (Wildman–Crippen LogP) is 1.17. The molecule has 2 saturated heterocycles. The molecule has 4 heterocycles. The Hall–Kier alpha value is -2.15. The van der Waals surface area contributed by atoms with Crippen molar-refractivity contribution in [2.24, 2.45) is 17.8 Å². The van der Waals surface area contributed by atoms with Crippen LogP contribution in [-0.2, 0) is 20.9 Å². The van der Waals surface area contributed by atoms with E-state index in [2.05, 4.69) is 18.9 Å². The van der Waals surface area contributed by atoms with Crippen LogP contribution in [0.5, 0.6) is 0 Å². The molecule has 4 rings (SSSR count). The Bertz CT molecular complexity index is 744. The lowest BCUT2D eigenvalue weighted by Gasteiger charge is -2.27. The molecule has 1 spiro atoms. The average molecular weight is 372 g/mol. The van der Waals surface area contributed by atoms with Crippen molar-refractivity contribution in [1.82, 2.24) is 19.6 Å². The van der Waals surface area contributed by atoms with Crippen LogP contribution in [0.1, 0.15) is 20.3 Å². The lowest BCUT2D eigenvalue weighted by molar-refractivity contribution is -0.142. The molecular formula is C20H28N4O3. The van der Waals surface area contributed by atoms with Crippen molar-refractivity contribution >= 4 is 11.8 Å². The molecule has 0 radical (unpaired) electrons. The van der Waals surface area contributed by atoms with Gasteiger partial charge in [0.05, 0.1) is 31.0 Å². The molecule has 146 valence electrons. The number of carbonyl (C=O) groups is 2. The fourth-order valence-corrected chi connectivity index (χ4v) is 4.51. The summed E-state index contributed by atoms with van der Waals surface area (Å²) >= 11 is 0. The van der Waals surface area contributed by atoms with Gasteiger partial charge in [0.2, 0.25) is 11.8 Å². The fraction of sp³-hybridized carbons (Fsp3) is 0.650. The zero-order chi connectivity index (χ0) is 19.2. The highest BCUT2D eigenvalue weighted by Gasteiger charge is 2.66. The van der Waals surface area contributed by atoms with Crippen molar-refractivity contribution in [2.75, 3.05) is 26.7 Å². The number of ether oxygens (including phenoxy) is 1. The zero-order valence-electron chi connectivity index (χ0n) is 16.2. The van der Waals surface area contributed by atoms with Crippen LogP contribution in [0.25, 0.3) is 0 Å². The highest BCUT2D eigenvalue weighted by atomic mass is 16.5. The third-order valence-corrected chi connectivity index (χ3v) is 6.04. The Balaban J connectivity index is 1.46. The molecule has 3 aliphatic rings. The molecular weight excluding hydrogens is 344 g/mol. The number of hydrogen-bond acceptors (Lipinski definition) is 4. The summed E-state index contributed by atoms with van der Waals surface area (Å²) in [5.74, 6) is -0.216. The third kappa shape index (κ3) is 3.08. The van der Waals surface area contributed by atoms with Crippen LogP contribution in [0.15, 0.2) is 30.6 Å². The van der Waals surface area contributed by atoms with Gasteiger partial charge in [-0.05, 0) is 18.4 Å². The first-order chi connectivity index (χ1) is 12.9. The topological polar surface area (TPSA) is 67.7 Å². The Labute approximate surface area is 159 Å². The smallest absolute Gasteiger partial charge is 0.230 e. The van der Waals surface area contributed by atoms with Gasteiger partial charge in [0.15, 0.2) is 0 Å². The third-order valence-electron chi connectivity index (χ3n) is 6.04. The van der Waals surface area contributed by atoms with Gasteiger partial charge in [0, 0.05) is 32.5 Å². The largest absolute Gasteiger partial charge is 0.360 e. The van der Waals surface area contributed by atoms with Gasteiger partial charge in [0.1, 0.15) is 5.60 Å². The summed E-state index contributed by atoms with van der Waals surface area (Å²) in [4.78, 5) is 29.9. The number of hydrogen-bond donors (Lipinski definition) is 0. The summed E-state index contributed by atoms with van der Waals surface area (Å²) in [6, 6.07) is 1.86.